The van der Waals surface area contributed by atoms with Gasteiger partial charge in [-0.15, -0.1) is 13.2 Å². The second-order valence-electron chi connectivity index (χ2n) is 8.26. The first-order chi connectivity index (χ1) is 17.9. The Morgan fingerprint density at radius 2 is 1.71 bits per heavy atom. The summed E-state index contributed by atoms with van der Waals surface area (Å²) in [4.78, 5) is 21.8. The third kappa shape index (κ3) is 5.23. The largest absolute Gasteiger partial charge is 0.573 e. The molecular formula is C24H16F6N6O2. The van der Waals surface area contributed by atoms with E-state index in [1.807, 2.05) is 0 Å². The molecule has 3 aromatic heterocycles. The predicted octanol–water partition coefficient (Wildman–Crippen LogP) is 5.21. The van der Waals surface area contributed by atoms with E-state index in [-0.39, 0.29) is 22.6 Å². The van der Waals surface area contributed by atoms with Gasteiger partial charge in [-0.1, -0.05) is 12.1 Å². The molecule has 0 saturated carbocycles. The van der Waals surface area contributed by atoms with Crippen LogP contribution in [0.3, 0.4) is 0 Å². The minimum absolute atomic E-state index is 0.0119. The lowest BCUT2D eigenvalue weighted by Gasteiger charge is -2.14. The van der Waals surface area contributed by atoms with Crippen molar-refractivity contribution in [2.45, 2.75) is 12.5 Å². The number of rotatable bonds is 5. The van der Waals surface area contributed by atoms with Crippen molar-refractivity contribution in [3.8, 4) is 22.6 Å². The van der Waals surface area contributed by atoms with E-state index in [4.69, 9.17) is 0 Å². The summed E-state index contributed by atoms with van der Waals surface area (Å²) in [6.07, 6.45) is -5.00. The van der Waals surface area contributed by atoms with E-state index >= 15 is 0 Å². The normalized spacial score (nSPS) is 12.3. The smallest absolute Gasteiger partial charge is 0.406 e. The maximum absolute atomic E-state index is 13.7. The molecule has 0 bridgehead atoms. The van der Waals surface area contributed by atoms with E-state index in [1.54, 1.807) is 36.1 Å². The highest BCUT2D eigenvalue weighted by Crippen LogP contribution is 2.30. The van der Waals surface area contributed by atoms with Crippen molar-refractivity contribution in [2.75, 3.05) is 11.9 Å². The van der Waals surface area contributed by atoms with Gasteiger partial charge in [0.05, 0.1) is 16.6 Å². The topological polar surface area (TPSA) is 86.9 Å². The molecule has 1 N–H and O–H groups in total. The summed E-state index contributed by atoms with van der Waals surface area (Å²) >= 11 is 0. The molecule has 3 heterocycles. The lowest BCUT2D eigenvalue weighted by Crippen LogP contribution is -2.23. The van der Waals surface area contributed by atoms with Crippen LogP contribution >= 0.6 is 0 Å². The number of alkyl halides is 6. The fraction of sp³-hybridized carbons (Fsp3) is 0.167. The summed E-state index contributed by atoms with van der Waals surface area (Å²) in [6, 6.07) is 9.61. The van der Waals surface area contributed by atoms with Gasteiger partial charge in [0.25, 0.3) is 5.56 Å². The van der Waals surface area contributed by atoms with E-state index in [0.717, 1.165) is 17.5 Å². The molecule has 0 aliphatic carbocycles. The zero-order valence-electron chi connectivity index (χ0n) is 19.3. The Morgan fingerprint density at radius 1 is 0.974 bits per heavy atom. The Morgan fingerprint density at radius 3 is 2.39 bits per heavy atom. The van der Waals surface area contributed by atoms with Crippen LogP contribution in [0.5, 0.6) is 5.75 Å². The number of nitrogens with one attached hydrogen (secondary N) is 1. The number of hydrogen-bond acceptors (Lipinski definition) is 6. The van der Waals surface area contributed by atoms with Gasteiger partial charge >= 0.3 is 12.5 Å². The molecule has 5 rings (SSSR count). The maximum atomic E-state index is 13.7. The number of halogens is 6. The number of aromatic nitrogens is 5. The van der Waals surface area contributed by atoms with Crippen LogP contribution in [-0.2, 0) is 7.05 Å². The summed E-state index contributed by atoms with van der Waals surface area (Å²) in [6.45, 7) is -1.40. The monoisotopic (exact) mass is 534 g/mol. The lowest BCUT2D eigenvalue weighted by molar-refractivity contribution is -0.274. The highest BCUT2D eigenvalue weighted by Gasteiger charge is 2.31. The minimum atomic E-state index is -4.91. The molecule has 5 aromatic rings. The lowest BCUT2D eigenvalue weighted by atomic mass is 10.0. The number of aryl methyl sites for hydroxylation is 1. The molecule has 0 radical (unpaired) electrons. The van der Waals surface area contributed by atoms with Gasteiger partial charge in [0, 0.05) is 42.1 Å². The summed E-state index contributed by atoms with van der Waals surface area (Å²) in [5.74, 6) is -0.881. The van der Waals surface area contributed by atoms with Crippen LogP contribution in [0.25, 0.3) is 38.6 Å². The molecule has 0 unspecified atom stereocenters. The van der Waals surface area contributed by atoms with Crippen LogP contribution in [0, 0.1) is 0 Å². The van der Waals surface area contributed by atoms with Gasteiger partial charge in [-0.2, -0.15) is 18.3 Å². The van der Waals surface area contributed by atoms with Crippen LogP contribution in [-0.4, -0.2) is 43.4 Å². The number of fused-ring (bicyclic) bond motifs is 2. The molecule has 0 saturated heterocycles. The summed E-state index contributed by atoms with van der Waals surface area (Å²) in [5.41, 5.74) is 0.671. The van der Waals surface area contributed by atoms with E-state index in [1.165, 1.54) is 29.1 Å². The van der Waals surface area contributed by atoms with Crippen molar-refractivity contribution < 1.29 is 31.1 Å². The van der Waals surface area contributed by atoms with Crippen LogP contribution in [0.2, 0.25) is 0 Å². The average Bonchev–Trinajstić information content (AvgIpc) is 3.21. The zero-order chi connectivity index (χ0) is 27.2. The van der Waals surface area contributed by atoms with Crippen LogP contribution in [0.1, 0.15) is 0 Å². The summed E-state index contributed by atoms with van der Waals surface area (Å²) in [5, 5.41) is 7.41. The molecule has 0 fully saturated rings. The molecule has 38 heavy (non-hydrogen) atoms. The SMILES string of the molecule is Cn1cc2cc(-n3cc4cnc(NCC(F)(F)F)nc4c(-c4ccc(OC(F)(F)F)cc4)c3=O)ccc2n1. The fourth-order valence-electron chi connectivity index (χ4n) is 3.93. The van der Waals surface area contributed by atoms with Crippen LogP contribution in [0.15, 0.2) is 65.8 Å². The molecule has 14 heteroatoms. The summed E-state index contributed by atoms with van der Waals surface area (Å²) < 4.78 is 82.7. The molecule has 0 amide bonds. The summed E-state index contributed by atoms with van der Waals surface area (Å²) in [7, 11) is 1.74. The number of nitrogens with zero attached hydrogens (tertiary/aromatic N) is 5. The maximum Gasteiger partial charge on any atom is 0.573 e. The van der Waals surface area contributed by atoms with Crippen molar-refractivity contribution in [1.82, 2.24) is 24.3 Å². The molecule has 0 spiro atoms. The van der Waals surface area contributed by atoms with Crippen molar-refractivity contribution in [3.63, 3.8) is 0 Å². The standard InChI is InChI=1S/C24H16F6N6O2/c1-35-10-14-8-16(4-7-18(14)34-35)36-11-15-9-31-22(32-12-23(25,26)27)33-20(15)19(21(36)37)13-2-5-17(6-3-13)38-24(28,29)30/h2-11H,12H2,1H3,(H,32,33). The Hall–Kier alpha value is -4.62. The fourth-order valence-corrected chi connectivity index (χ4v) is 3.93. The van der Waals surface area contributed by atoms with E-state index in [2.05, 4.69) is 25.1 Å². The minimum Gasteiger partial charge on any atom is -0.406 e. The first-order valence-electron chi connectivity index (χ1n) is 10.9. The molecule has 0 aliphatic rings. The number of benzene rings is 2. The first-order valence-corrected chi connectivity index (χ1v) is 10.9. The molecule has 196 valence electrons. The van der Waals surface area contributed by atoms with Gasteiger partial charge in [0.1, 0.15) is 12.3 Å². The van der Waals surface area contributed by atoms with Gasteiger partial charge in [-0.05, 0) is 35.9 Å². The number of anilines is 1. The third-order valence-corrected chi connectivity index (χ3v) is 5.46. The molecule has 2 aromatic carbocycles. The van der Waals surface area contributed by atoms with Crippen molar-refractivity contribution in [3.05, 3.63) is 71.4 Å². The highest BCUT2D eigenvalue weighted by atomic mass is 19.4. The second kappa shape index (κ2) is 9.04. The van der Waals surface area contributed by atoms with Crippen LogP contribution < -0.4 is 15.6 Å². The molecule has 8 nitrogen and oxygen atoms in total. The molecule has 0 aliphatic heterocycles. The molecule has 0 atom stereocenters. The zero-order valence-corrected chi connectivity index (χ0v) is 19.3. The van der Waals surface area contributed by atoms with Gasteiger partial charge in [-0.3, -0.25) is 14.0 Å². The number of pyridine rings is 1. The van der Waals surface area contributed by atoms with E-state index < -0.39 is 30.4 Å². The Balaban J connectivity index is 1.69. The highest BCUT2D eigenvalue weighted by molar-refractivity contribution is 5.93. The Bertz CT molecular complexity index is 1710. The van der Waals surface area contributed by atoms with Crippen molar-refractivity contribution in [1.29, 1.82) is 0 Å². The number of ether oxygens (including phenoxy) is 1. The van der Waals surface area contributed by atoms with Crippen molar-refractivity contribution in [2.24, 2.45) is 7.05 Å². The van der Waals surface area contributed by atoms with Crippen molar-refractivity contribution >= 4 is 27.8 Å². The molecular weight excluding hydrogens is 518 g/mol. The second-order valence-corrected chi connectivity index (χ2v) is 8.26. The van der Waals surface area contributed by atoms with E-state index in [9.17, 15) is 31.1 Å². The third-order valence-electron chi connectivity index (χ3n) is 5.46. The van der Waals surface area contributed by atoms with Gasteiger partial charge < -0.3 is 10.1 Å². The average molecular weight is 534 g/mol. The van der Waals surface area contributed by atoms with Gasteiger partial charge in [0.15, 0.2) is 0 Å². The number of hydrogen-bond donors (Lipinski definition) is 1. The quantitative estimate of drug-likeness (QED) is 0.312. The predicted molar refractivity (Wildman–Crippen MR) is 126 cm³/mol. The Labute approximate surface area is 209 Å². The van der Waals surface area contributed by atoms with Gasteiger partial charge in [0.2, 0.25) is 5.95 Å². The first kappa shape index (κ1) is 25.0. The van der Waals surface area contributed by atoms with Crippen LogP contribution in [0.4, 0.5) is 32.3 Å². The van der Waals surface area contributed by atoms with Gasteiger partial charge in [-0.25, -0.2) is 9.97 Å². The van der Waals surface area contributed by atoms with E-state index in [0.29, 0.717) is 16.6 Å². The Kier molecular flexibility index (Phi) is 5.96.